The van der Waals surface area contributed by atoms with Gasteiger partial charge in [-0.1, -0.05) is 41.6 Å². The van der Waals surface area contributed by atoms with Gasteiger partial charge in [-0.25, -0.2) is 0 Å². The van der Waals surface area contributed by atoms with E-state index in [1.807, 2.05) is 0 Å². The van der Waals surface area contributed by atoms with Gasteiger partial charge in [-0.3, -0.25) is 18.9 Å². The second kappa shape index (κ2) is 7.38. The molecule has 4 rings (SSSR count). The Bertz CT molecular complexity index is 1210. The van der Waals surface area contributed by atoms with Crippen LogP contribution >= 0.6 is 35.6 Å². The van der Waals surface area contributed by atoms with E-state index in [1.54, 1.807) is 55.7 Å². The highest BCUT2D eigenvalue weighted by molar-refractivity contribution is 8.26. The molecule has 140 valence electrons. The van der Waals surface area contributed by atoms with Crippen LogP contribution in [0.1, 0.15) is 5.56 Å². The normalized spacial score (nSPS) is 15.6. The molecule has 1 aromatic carbocycles. The maximum atomic E-state index is 13.1. The zero-order valence-electron chi connectivity index (χ0n) is 14.5. The summed E-state index contributed by atoms with van der Waals surface area (Å²) in [6.45, 7) is 0. The number of hydrogen-bond acceptors (Lipinski definition) is 6. The van der Waals surface area contributed by atoms with Crippen molar-refractivity contribution >= 4 is 57.5 Å². The van der Waals surface area contributed by atoms with Crippen molar-refractivity contribution in [3.63, 3.8) is 0 Å². The maximum Gasteiger partial charge on any atom is 0.269 e. The Labute approximate surface area is 174 Å². The van der Waals surface area contributed by atoms with Crippen molar-refractivity contribution in [3.8, 4) is 11.6 Å². The zero-order chi connectivity index (χ0) is 19.8. The molecule has 0 bridgehead atoms. The number of fused-ring (bicyclic) bond motifs is 1. The van der Waals surface area contributed by atoms with Gasteiger partial charge in [0.15, 0.2) is 0 Å². The minimum absolute atomic E-state index is 0.0971. The van der Waals surface area contributed by atoms with Gasteiger partial charge in [0.1, 0.15) is 21.3 Å². The minimum atomic E-state index is -0.351. The SMILES string of the molecule is CN1C(=O)/C(=C/c2c(Oc3ccc(Cl)cc3)nc3ccccn3c2=O)SC1=S. The van der Waals surface area contributed by atoms with Gasteiger partial charge in [0.25, 0.3) is 11.5 Å². The number of thioether (sulfide) groups is 1. The number of likely N-dealkylation sites (N-methyl/N-ethyl adjacent to an activating group) is 1. The highest BCUT2D eigenvalue weighted by Crippen LogP contribution is 2.33. The van der Waals surface area contributed by atoms with E-state index >= 15 is 0 Å². The largest absolute Gasteiger partial charge is 0.438 e. The second-order valence-corrected chi connectivity index (χ2v) is 7.97. The number of rotatable bonds is 3. The number of thiocarbonyl (C=S) groups is 1. The fourth-order valence-corrected chi connectivity index (χ4v) is 3.86. The van der Waals surface area contributed by atoms with E-state index in [0.717, 1.165) is 11.8 Å². The molecule has 1 saturated heterocycles. The highest BCUT2D eigenvalue weighted by atomic mass is 35.5. The molecule has 0 spiro atoms. The molecule has 1 amide bonds. The van der Waals surface area contributed by atoms with Crippen LogP contribution in [0.25, 0.3) is 11.7 Å². The number of amides is 1. The molecule has 0 unspecified atom stereocenters. The summed E-state index contributed by atoms with van der Waals surface area (Å²) in [5.74, 6) is 0.291. The van der Waals surface area contributed by atoms with E-state index in [4.69, 9.17) is 28.6 Å². The van der Waals surface area contributed by atoms with Gasteiger partial charge in [0.2, 0.25) is 5.88 Å². The number of hydrogen-bond donors (Lipinski definition) is 0. The number of ether oxygens (including phenoxy) is 1. The van der Waals surface area contributed by atoms with Crippen LogP contribution < -0.4 is 10.3 Å². The van der Waals surface area contributed by atoms with Crippen LogP contribution in [0.4, 0.5) is 0 Å². The van der Waals surface area contributed by atoms with Crippen LogP contribution in [0.2, 0.25) is 5.02 Å². The topological polar surface area (TPSA) is 63.9 Å². The van der Waals surface area contributed by atoms with Gasteiger partial charge in [-0.05, 0) is 42.5 Å². The molecule has 9 heteroatoms. The smallest absolute Gasteiger partial charge is 0.269 e. The summed E-state index contributed by atoms with van der Waals surface area (Å²) < 4.78 is 7.68. The molecule has 2 aromatic heterocycles. The Morgan fingerprint density at radius 3 is 2.61 bits per heavy atom. The highest BCUT2D eigenvalue weighted by Gasteiger charge is 2.29. The van der Waals surface area contributed by atoms with Crippen molar-refractivity contribution in [2.75, 3.05) is 7.05 Å². The Balaban J connectivity index is 1.89. The lowest BCUT2D eigenvalue weighted by Gasteiger charge is -2.10. The molecule has 0 N–H and O–H groups in total. The first-order chi connectivity index (χ1) is 13.4. The van der Waals surface area contributed by atoms with Crippen LogP contribution in [-0.4, -0.2) is 31.6 Å². The molecule has 1 aliphatic heterocycles. The number of carbonyl (C=O) groups is 1. The van der Waals surface area contributed by atoms with Gasteiger partial charge in [-0.15, -0.1) is 0 Å². The second-order valence-electron chi connectivity index (χ2n) is 5.86. The standard InChI is InChI=1S/C19H12ClN3O3S2/c1-22-18(25)14(28-19(22)27)10-13-16(26-12-7-5-11(20)6-8-12)21-15-4-2-3-9-23(15)17(13)24/h2-10H,1H3/b14-10-. The number of nitrogens with zero attached hydrogens (tertiary/aromatic N) is 3. The average Bonchev–Trinajstić information content (AvgIpc) is 2.93. The van der Waals surface area contributed by atoms with Crippen molar-refractivity contribution in [2.24, 2.45) is 0 Å². The number of carbonyl (C=O) groups excluding carboxylic acids is 1. The fraction of sp³-hybridized carbons (Fsp3) is 0.0526. The monoisotopic (exact) mass is 429 g/mol. The van der Waals surface area contributed by atoms with Crippen LogP contribution in [-0.2, 0) is 4.79 Å². The molecule has 0 atom stereocenters. The summed E-state index contributed by atoms with van der Waals surface area (Å²) >= 11 is 12.2. The maximum absolute atomic E-state index is 13.1. The van der Waals surface area contributed by atoms with Gasteiger partial charge in [-0.2, -0.15) is 4.98 Å². The van der Waals surface area contributed by atoms with Crippen molar-refractivity contribution in [3.05, 3.63) is 74.5 Å². The summed E-state index contributed by atoms with van der Waals surface area (Å²) in [5.41, 5.74) is 0.236. The first-order valence-electron chi connectivity index (χ1n) is 8.10. The van der Waals surface area contributed by atoms with Crippen molar-refractivity contribution in [1.82, 2.24) is 14.3 Å². The molecule has 1 aliphatic rings. The molecule has 3 aromatic rings. The number of benzene rings is 1. The van der Waals surface area contributed by atoms with Crippen LogP contribution in [0, 0.1) is 0 Å². The summed E-state index contributed by atoms with van der Waals surface area (Å²) in [6, 6.07) is 11.9. The molecule has 0 saturated carbocycles. The summed E-state index contributed by atoms with van der Waals surface area (Å²) in [7, 11) is 1.59. The van der Waals surface area contributed by atoms with Crippen LogP contribution in [0.5, 0.6) is 11.6 Å². The lowest BCUT2D eigenvalue weighted by atomic mass is 10.2. The first-order valence-corrected chi connectivity index (χ1v) is 9.71. The number of halogens is 1. The van der Waals surface area contributed by atoms with Crippen LogP contribution in [0.3, 0.4) is 0 Å². The molecule has 28 heavy (non-hydrogen) atoms. The summed E-state index contributed by atoms with van der Waals surface area (Å²) in [4.78, 5) is 31.6. The summed E-state index contributed by atoms with van der Waals surface area (Å²) in [6.07, 6.45) is 3.09. The van der Waals surface area contributed by atoms with Crippen molar-refractivity contribution in [1.29, 1.82) is 0 Å². The van der Waals surface area contributed by atoms with Crippen LogP contribution in [0.15, 0.2) is 58.4 Å². The molecular formula is C19H12ClN3O3S2. The molecule has 0 radical (unpaired) electrons. The Morgan fingerprint density at radius 1 is 1.18 bits per heavy atom. The minimum Gasteiger partial charge on any atom is -0.438 e. The Kier molecular flexibility index (Phi) is 4.92. The van der Waals surface area contributed by atoms with E-state index in [1.165, 1.54) is 15.4 Å². The van der Waals surface area contributed by atoms with E-state index in [0.29, 0.717) is 25.6 Å². The van der Waals surface area contributed by atoms with E-state index < -0.39 is 0 Å². The quantitative estimate of drug-likeness (QED) is 0.463. The molecule has 0 aliphatic carbocycles. The fourth-order valence-electron chi connectivity index (χ4n) is 2.57. The van der Waals surface area contributed by atoms with E-state index in [-0.39, 0.29) is 22.9 Å². The third-order valence-electron chi connectivity index (χ3n) is 4.02. The predicted molar refractivity (Wildman–Crippen MR) is 114 cm³/mol. The predicted octanol–water partition coefficient (Wildman–Crippen LogP) is 3.97. The third-order valence-corrected chi connectivity index (χ3v) is 5.76. The number of aromatic nitrogens is 2. The lowest BCUT2D eigenvalue weighted by Crippen LogP contribution is -2.22. The van der Waals surface area contributed by atoms with Gasteiger partial charge >= 0.3 is 0 Å². The van der Waals surface area contributed by atoms with E-state index in [2.05, 4.69) is 4.98 Å². The van der Waals surface area contributed by atoms with Gasteiger partial charge < -0.3 is 4.74 Å². The zero-order valence-corrected chi connectivity index (χ0v) is 16.8. The van der Waals surface area contributed by atoms with Crippen molar-refractivity contribution in [2.45, 2.75) is 0 Å². The lowest BCUT2D eigenvalue weighted by molar-refractivity contribution is -0.121. The van der Waals surface area contributed by atoms with Gasteiger partial charge in [0, 0.05) is 18.3 Å². The number of pyridine rings is 1. The summed E-state index contributed by atoms with van der Waals surface area (Å²) in [5, 5.41) is 0.561. The molecule has 1 fully saturated rings. The van der Waals surface area contributed by atoms with E-state index in [9.17, 15) is 9.59 Å². The molecular weight excluding hydrogens is 418 g/mol. The Morgan fingerprint density at radius 2 is 1.93 bits per heavy atom. The Hall–Kier alpha value is -2.68. The molecule has 3 heterocycles. The third kappa shape index (κ3) is 3.42. The average molecular weight is 430 g/mol. The molecule has 6 nitrogen and oxygen atoms in total. The van der Waals surface area contributed by atoms with Crippen molar-refractivity contribution < 1.29 is 9.53 Å². The first kappa shape index (κ1) is 18.7. The van der Waals surface area contributed by atoms with Gasteiger partial charge in [0.05, 0.1) is 4.91 Å².